The number of likely N-dealkylation sites (tertiary alicyclic amines) is 1. The fraction of sp³-hybridized carbons (Fsp3) is 0.588. The lowest BCUT2D eigenvalue weighted by atomic mass is 9.93. The van der Waals surface area contributed by atoms with Gasteiger partial charge in [0.1, 0.15) is 0 Å². The first kappa shape index (κ1) is 17.1. The van der Waals surface area contributed by atoms with Gasteiger partial charge in [-0.3, -0.25) is 4.79 Å². The maximum absolute atomic E-state index is 12.4. The van der Waals surface area contributed by atoms with E-state index in [2.05, 4.69) is 15.5 Å². The van der Waals surface area contributed by atoms with Gasteiger partial charge in [-0.25, -0.2) is 0 Å². The molecule has 3 rings (SSSR count). The van der Waals surface area contributed by atoms with Gasteiger partial charge in [0.15, 0.2) is 0 Å². The summed E-state index contributed by atoms with van der Waals surface area (Å²) in [6, 6.07) is 1.96. The number of amides is 1. The van der Waals surface area contributed by atoms with E-state index in [0.29, 0.717) is 24.6 Å². The number of carbonyl (C=O) groups is 1. The third-order valence-electron chi connectivity index (χ3n) is 4.57. The van der Waals surface area contributed by atoms with Crippen molar-refractivity contribution in [1.82, 2.24) is 20.4 Å². The van der Waals surface area contributed by atoms with Crippen LogP contribution in [0.25, 0.3) is 11.4 Å². The molecule has 0 aliphatic carbocycles. The number of thiophene rings is 1. The molecule has 24 heavy (non-hydrogen) atoms. The summed E-state index contributed by atoms with van der Waals surface area (Å²) in [6.07, 6.45) is 4.36. The molecule has 0 unspecified atom stereocenters. The Kier molecular flexibility index (Phi) is 5.98. The summed E-state index contributed by atoms with van der Waals surface area (Å²) >= 11 is 1.60. The van der Waals surface area contributed by atoms with Gasteiger partial charge in [0.2, 0.25) is 17.6 Å². The molecule has 3 heterocycles. The van der Waals surface area contributed by atoms with Crippen LogP contribution in [0.4, 0.5) is 0 Å². The van der Waals surface area contributed by atoms with Crippen LogP contribution in [-0.4, -0.2) is 47.6 Å². The van der Waals surface area contributed by atoms with Crippen LogP contribution in [-0.2, 0) is 11.2 Å². The molecule has 7 heteroatoms. The first-order valence-electron chi connectivity index (χ1n) is 8.54. The summed E-state index contributed by atoms with van der Waals surface area (Å²) in [7, 11) is 1.99. The van der Waals surface area contributed by atoms with E-state index >= 15 is 0 Å². The molecule has 0 spiro atoms. The summed E-state index contributed by atoms with van der Waals surface area (Å²) in [6.45, 7) is 2.80. The third kappa shape index (κ3) is 4.42. The van der Waals surface area contributed by atoms with E-state index in [4.69, 9.17) is 4.52 Å². The number of rotatable bonds is 7. The molecule has 1 aliphatic rings. The van der Waals surface area contributed by atoms with E-state index in [1.165, 1.54) is 6.42 Å². The van der Waals surface area contributed by atoms with E-state index in [-0.39, 0.29) is 5.91 Å². The molecule has 0 atom stereocenters. The van der Waals surface area contributed by atoms with Crippen LogP contribution in [0.15, 0.2) is 21.3 Å². The molecule has 2 aromatic heterocycles. The molecular formula is C17H24N4O2S. The van der Waals surface area contributed by atoms with Crippen molar-refractivity contribution in [1.29, 1.82) is 0 Å². The molecule has 1 N–H and O–H groups in total. The van der Waals surface area contributed by atoms with E-state index in [1.54, 1.807) is 11.3 Å². The molecule has 2 aromatic rings. The molecule has 0 aromatic carbocycles. The minimum Gasteiger partial charge on any atom is -0.343 e. The smallest absolute Gasteiger partial charge is 0.227 e. The molecule has 1 aliphatic heterocycles. The van der Waals surface area contributed by atoms with Crippen molar-refractivity contribution in [3.63, 3.8) is 0 Å². The lowest BCUT2D eigenvalue weighted by Gasteiger charge is -2.32. The largest absolute Gasteiger partial charge is 0.343 e. The zero-order chi connectivity index (χ0) is 16.8. The second kappa shape index (κ2) is 8.39. The number of carbonyl (C=O) groups excluding carboxylic acids is 1. The quantitative estimate of drug-likeness (QED) is 0.833. The Morgan fingerprint density at radius 2 is 2.29 bits per heavy atom. The second-order valence-corrected chi connectivity index (χ2v) is 7.02. The van der Waals surface area contributed by atoms with Crippen LogP contribution in [0.1, 0.15) is 31.6 Å². The second-order valence-electron chi connectivity index (χ2n) is 6.24. The Bertz CT molecular complexity index is 633. The van der Waals surface area contributed by atoms with Crippen molar-refractivity contribution in [2.75, 3.05) is 26.7 Å². The molecule has 0 bridgehead atoms. The molecule has 1 saturated heterocycles. The van der Waals surface area contributed by atoms with Gasteiger partial charge in [-0.2, -0.15) is 16.3 Å². The fourth-order valence-electron chi connectivity index (χ4n) is 3.06. The first-order chi connectivity index (χ1) is 11.8. The molecule has 0 radical (unpaired) electrons. The highest BCUT2D eigenvalue weighted by molar-refractivity contribution is 7.08. The van der Waals surface area contributed by atoms with Crippen molar-refractivity contribution in [3.8, 4) is 11.4 Å². The van der Waals surface area contributed by atoms with E-state index in [0.717, 1.165) is 44.0 Å². The van der Waals surface area contributed by atoms with E-state index in [9.17, 15) is 4.79 Å². The summed E-state index contributed by atoms with van der Waals surface area (Å²) in [5.74, 6) is 2.07. The lowest BCUT2D eigenvalue weighted by molar-refractivity contribution is -0.132. The summed E-state index contributed by atoms with van der Waals surface area (Å²) in [5.41, 5.74) is 0.963. The van der Waals surface area contributed by atoms with Gasteiger partial charge in [-0.1, -0.05) is 5.16 Å². The Morgan fingerprint density at radius 3 is 3.00 bits per heavy atom. The molecule has 0 saturated carbocycles. The number of piperidine rings is 1. The van der Waals surface area contributed by atoms with Crippen molar-refractivity contribution < 1.29 is 9.32 Å². The van der Waals surface area contributed by atoms with E-state index < -0.39 is 0 Å². The van der Waals surface area contributed by atoms with Crippen LogP contribution < -0.4 is 5.32 Å². The number of hydrogen-bond acceptors (Lipinski definition) is 6. The average Bonchev–Trinajstić information content (AvgIpc) is 3.29. The number of nitrogens with one attached hydrogen (secondary N) is 1. The van der Waals surface area contributed by atoms with Crippen LogP contribution >= 0.6 is 11.3 Å². The minimum atomic E-state index is 0.192. The summed E-state index contributed by atoms with van der Waals surface area (Å²) < 4.78 is 5.25. The molecule has 1 fully saturated rings. The Labute approximate surface area is 146 Å². The topological polar surface area (TPSA) is 71.3 Å². The number of aromatic nitrogens is 2. The molecule has 6 nitrogen and oxygen atoms in total. The van der Waals surface area contributed by atoms with Gasteiger partial charge in [0, 0.05) is 36.9 Å². The molecular weight excluding hydrogens is 324 g/mol. The van der Waals surface area contributed by atoms with Crippen molar-refractivity contribution in [3.05, 3.63) is 22.7 Å². The average molecular weight is 348 g/mol. The number of hydrogen-bond donors (Lipinski definition) is 1. The van der Waals surface area contributed by atoms with Crippen LogP contribution in [0.2, 0.25) is 0 Å². The number of aryl methyl sites for hydroxylation is 1. The van der Waals surface area contributed by atoms with Crippen LogP contribution in [0, 0.1) is 5.92 Å². The minimum absolute atomic E-state index is 0.192. The molecule has 130 valence electrons. The van der Waals surface area contributed by atoms with Gasteiger partial charge in [-0.15, -0.1) is 0 Å². The van der Waals surface area contributed by atoms with Gasteiger partial charge < -0.3 is 14.7 Å². The highest BCUT2D eigenvalue weighted by atomic mass is 32.1. The highest BCUT2D eigenvalue weighted by Crippen LogP contribution is 2.21. The van der Waals surface area contributed by atoms with Crippen molar-refractivity contribution in [2.24, 2.45) is 5.92 Å². The summed E-state index contributed by atoms with van der Waals surface area (Å²) in [5, 5.41) is 11.1. The van der Waals surface area contributed by atoms with Crippen molar-refractivity contribution >= 4 is 17.2 Å². The maximum Gasteiger partial charge on any atom is 0.227 e. The van der Waals surface area contributed by atoms with E-state index in [1.807, 2.05) is 28.8 Å². The van der Waals surface area contributed by atoms with Crippen LogP contribution in [0.5, 0.6) is 0 Å². The summed E-state index contributed by atoms with van der Waals surface area (Å²) in [4.78, 5) is 18.7. The maximum atomic E-state index is 12.4. The van der Waals surface area contributed by atoms with Gasteiger partial charge in [0.25, 0.3) is 0 Å². The standard InChI is InChI=1S/C17H24N4O2S/c1-18-8-4-13-5-9-21(10-6-13)16(22)3-2-15-19-17(20-23-15)14-7-11-24-12-14/h7,11-13,18H,2-6,8-10H2,1H3. The Hall–Kier alpha value is -1.73. The van der Waals surface area contributed by atoms with Gasteiger partial charge in [-0.05, 0) is 50.2 Å². The predicted octanol–water partition coefficient (Wildman–Crippen LogP) is 2.58. The fourth-order valence-corrected chi connectivity index (χ4v) is 3.69. The van der Waals surface area contributed by atoms with Gasteiger partial charge >= 0.3 is 0 Å². The first-order valence-corrected chi connectivity index (χ1v) is 9.48. The number of nitrogens with zero attached hydrogens (tertiary/aromatic N) is 3. The van der Waals surface area contributed by atoms with Crippen molar-refractivity contribution in [2.45, 2.75) is 32.1 Å². The Morgan fingerprint density at radius 1 is 1.46 bits per heavy atom. The third-order valence-corrected chi connectivity index (χ3v) is 5.25. The predicted molar refractivity (Wildman–Crippen MR) is 93.8 cm³/mol. The zero-order valence-electron chi connectivity index (χ0n) is 14.0. The highest BCUT2D eigenvalue weighted by Gasteiger charge is 2.22. The SMILES string of the molecule is CNCCC1CCN(C(=O)CCc2nc(-c3ccsc3)no2)CC1. The monoisotopic (exact) mass is 348 g/mol. The lowest BCUT2D eigenvalue weighted by Crippen LogP contribution is -2.39. The molecule has 1 amide bonds. The zero-order valence-corrected chi connectivity index (χ0v) is 14.8. The van der Waals surface area contributed by atoms with Crippen LogP contribution in [0.3, 0.4) is 0 Å². The van der Waals surface area contributed by atoms with Gasteiger partial charge in [0.05, 0.1) is 0 Å². The Balaban J connectivity index is 1.43. The normalized spacial score (nSPS) is 15.8.